The lowest BCUT2D eigenvalue weighted by Crippen LogP contribution is -2.49. The first-order valence-corrected chi connectivity index (χ1v) is 6.48. The monoisotopic (exact) mass is 274 g/mol. The molecular formula is C16H19FN2O. The van der Waals surface area contributed by atoms with E-state index in [1.807, 2.05) is 30.3 Å². The molecule has 0 aliphatic carbocycles. The molecule has 106 valence electrons. The zero-order valence-corrected chi connectivity index (χ0v) is 11.5. The van der Waals surface area contributed by atoms with Crippen molar-refractivity contribution in [3.05, 3.63) is 66.0 Å². The summed E-state index contributed by atoms with van der Waals surface area (Å²) in [7, 11) is 1.76. The molecular weight excluding hydrogens is 255 g/mol. The van der Waals surface area contributed by atoms with Gasteiger partial charge in [-0.05, 0) is 17.7 Å². The zero-order valence-electron chi connectivity index (χ0n) is 11.5. The molecule has 2 aromatic carbocycles. The molecule has 0 bridgehead atoms. The van der Waals surface area contributed by atoms with Gasteiger partial charge in [-0.3, -0.25) is 0 Å². The van der Waals surface area contributed by atoms with Gasteiger partial charge in [0.25, 0.3) is 0 Å². The predicted octanol–water partition coefficient (Wildman–Crippen LogP) is 2.11. The van der Waals surface area contributed by atoms with Crippen LogP contribution in [-0.2, 0) is 5.54 Å². The van der Waals surface area contributed by atoms with E-state index in [1.165, 1.54) is 6.07 Å². The van der Waals surface area contributed by atoms with Crippen LogP contribution < -0.4 is 10.6 Å². The molecule has 4 heteroatoms. The molecule has 0 amide bonds. The third-order valence-electron chi connectivity index (χ3n) is 3.41. The van der Waals surface area contributed by atoms with Gasteiger partial charge < -0.3 is 15.7 Å². The lowest BCUT2D eigenvalue weighted by molar-refractivity contribution is 0.200. The zero-order chi connectivity index (χ0) is 14.6. The maximum absolute atomic E-state index is 13.8. The third kappa shape index (κ3) is 2.98. The van der Waals surface area contributed by atoms with Crippen LogP contribution >= 0.6 is 0 Å². The number of likely N-dealkylation sites (N-methyl/N-ethyl adjacent to an activating group) is 1. The van der Waals surface area contributed by atoms with E-state index in [0.29, 0.717) is 12.2 Å². The number of anilines is 1. The highest BCUT2D eigenvalue weighted by atomic mass is 19.1. The standard InChI is InChI=1S/C16H19FN2O/c1-19(15-10-6-5-9-14(15)17)11-16(18,12-20)13-7-3-2-4-8-13/h2-10,20H,11-12,18H2,1H3. The van der Waals surface area contributed by atoms with Gasteiger partial charge in [-0.2, -0.15) is 0 Å². The quantitative estimate of drug-likeness (QED) is 0.878. The van der Waals surface area contributed by atoms with E-state index in [1.54, 1.807) is 30.1 Å². The Bertz CT molecular complexity index is 561. The first kappa shape index (κ1) is 14.5. The van der Waals surface area contributed by atoms with Crippen molar-refractivity contribution in [3.8, 4) is 0 Å². The average Bonchev–Trinajstić information content (AvgIpc) is 2.48. The second-order valence-electron chi connectivity index (χ2n) is 4.99. The largest absolute Gasteiger partial charge is 0.394 e. The molecule has 0 aliphatic heterocycles. The van der Waals surface area contributed by atoms with Crippen molar-refractivity contribution in [1.29, 1.82) is 0 Å². The van der Waals surface area contributed by atoms with Crippen LogP contribution in [0, 0.1) is 5.82 Å². The van der Waals surface area contributed by atoms with Crippen LogP contribution in [0.1, 0.15) is 5.56 Å². The molecule has 1 atom stereocenters. The van der Waals surface area contributed by atoms with Gasteiger partial charge in [0, 0.05) is 13.6 Å². The van der Waals surface area contributed by atoms with E-state index in [2.05, 4.69) is 0 Å². The molecule has 0 saturated carbocycles. The molecule has 0 aromatic heterocycles. The summed E-state index contributed by atoms with van der Waals surface area (Å²) in [4.78, 5) is 1.72. The van der Waals surface area contributed by atoms with Gasteiger partial charge in [0.15, 0.2) is 0 Å². The number of hydrogen-bond donors (Lipinski definition) is 2. The highest BCUT2D eigenvalue weighted by molar-refractivity contribution is 5.47. The number of hydrogen-bond acceptors (Lipinski definition) is 3. The van der Waals surface area contributed by atoms with Crippen molar-refractivity contribution in [2.45, 2.75) is 5.54 Å². The van der Waals surface area contributed by atoms with Crippen molar-refractivity contribution in [1.82, 2.24) is 0 Å². The van der Waals surface area contributed by atoms with Gasteiger partial charge in [0.05, 0.1) is 17.8 Å². The van der Waals surface area contributed by atoms with E-state index in [0.717, 1.165) is 5.56 Å². The molecule has 2 rings (SSSR count). The van der Waals surface area contributed by atoms with Crippen LogP contribution in [0.15, 0.2) is 54.6 Å². The van der Waals surface area contributed by atoms with E-state index in [4.69, 9.17) is 5.73 Å². The van der Waals surface area contributed by atoms with E-state index in [9.17, 15) is 9.50 Å². The number of rotatable bonds is 5. The summed E-state index contributed by atoms with van der Waals surface area (Å²) in [5.41, 5.74) is 6.65. The second-order valence-corrected chi connectivity index (χ2v) is 4.99. The maximum Gasteiger partial charge on any atom is 0.146 e. The van der Waals surface area contributed by atoms with Gasteiger partial charge in [0.1, 0.15) is 5.82 Å². The molecule has 2 aromatic rings. The van der Waals surface area contributed by atoms with Crippen LogP contribution in [-0.4, -0.2) is 25.3 Å². The Hall–Kier alpha value is -1.91. The van der Waals surface area contributed by atoms with Gasteiger partial charge >= 0.3 is 0 Å². The topological polar surface area (TPSA) is 49.5 Å². The Kier molecular flexibility index (Phi) is 4.37. The Balaban J connectivity index is 2.24. The lowest BCUT2D eigenvalue weighted by atomic mass is 9.91. The normalized spacial score (nSPS) is 13.8. The summed E-state index contributed by atoms with van der Waals surface area (Å²) in [5.74, 6) is -0.302. The second kappa shape index (κ2) is 6.03. The first-order valence-electron chi connectivity index (χ1n) is 6.48. The lowest BCUT2D eigenvalue weighted by Gasteiger charge is -2.33. The minimum absolute atomic E-state index is 0.212. The first-order chi connectivity index (χ1) is 9.57. The third-order valence-corrected chi connectivity index (χ3v) is 3.41. The SMILES string of the molecule is CN(CC(N)(CO)c1ccccc1)c1ccccc1F. The Morgan fingerprint density at radius 1 is 1.10 bits per heavy atom. The van der Waals surface area contributed by atoms with Crippen molar-refractivity contribution < 1.29 is 9.50 Å². The maximum atomic E-state index is 13.8. The summed E-state index contributed by atoms with van der Waals surface area (Å²) in [6.45, 7) is 0.101. The summed E-state index contributed by atoms with van der Waals surface area (Å²) in [6.07, 6.45) is 0. The molecule has 0 heterocycles. The number of aliphatic hydroxyl groups is 1. The number of halogens is 1. The van der Waals surface area contributed by atoms with Crippen molar-refractivity contribution in [2.75, 3.05) is 25.1 Å². The van der Waals surface area contributed by atoms with E-state index in [-0.39, 0.29) is 12.4 Å². The molecule has 3 N–H and O–H groups in total. The Morgan fingerprint density at radius 2 is 1.70 bits per heavy atom. The Morgan fingerprint density at radius 3 is 2.30 bits per heavy atom. The molecule has 20 heavy (non-hydrogen) atoms. The number of nitrogens with two attached hydrogens (primary N) is 1. The van der Waals surface area contributed by atoms with Gasteiger partial charge in [-0.25, -0.2) is 4.39 Å². The highest BCUT2D eigenvalue weighted by Crippen LogP contribution is 2.23. The highest BCUT2D eigenvalue weighted by Gasteiger charge is 2.28. The molecule has 0 radical (unpaired) electrons. The summed E-state index contributed by atoms with van der Waals surface area (Å²) in [5, 5.41) is 9.66. The van der Waals surface area contributed by atoms with Gasteiger partial charge in [-0.15, -0.1) is 0 Å². The average molecular weight is 274 g/mol. The van der Waals surface area contributed by atoms with Gasteiger partial charge in [0.2, 0.25) is 0 Å². The molecule has 0 saturated heterocycles. The minimum Gasteiger partial charge on any atom is -0.394 e. The van der Waals surface area contributed by atoms with Crippen LogP contribution in [0.4, 0.5) is 10.1 Å². The van der Waals surface area contributed by atoms with Crippen LogP contribution in [0.5, 0.6) is 0 Å². The van der Waals surface area contributed by atoms with Crippen molar-refractivity contribution in [3.63, 3.8) is 0 Å². The molecule has 0 spiro atoms. The van der Waals surface area contributed by atoms with E-state index >= 15 is 0 Å². The summed E-state index contributed by atoms with van der Waals surface area (Å²) < 4.78 is 13.8. The van der Waals surface area contributed by atoms with Crippen LogP contribution in [0.3, 0.4) is 0 Å². The molecule has 1 unspecified atom stereocenters. The van der Waals surface area contributed by atoms with E-state index < -0.39 is 5.54 Å². The molecule has 0 fully saturated rings. The van der Waals surface area contributed by atoms with Crippen LogP contribution in [0.2, 0.25) is 0 Å². The van der Waals surface area contributed by atoms with Crippen molar-refractivity contribution >= 4 is 5.69 Å². The number of benzene rings is 2. The molecule has 3 nitrogen and oxygen atoms in total. The summed E-state index contributed by atoms with van der Waals surface area (Å²) >= 11 is 0. The smallest absolute Gasteiger partial charge is 0.146 e. The number of nitrogens with zero attached hydrogens (tertiary/aromatic N) is 1. The minimum atomic E-state index is -0.932. The fourth-order valence-corrected chi connectivity index (χ4v) is 2.27. The predicted molar refractivity (Wildman–Crippen MR) is 79.1 cm³/mol. The van der Waals surface area contributed by atoms with Crippen molar-refractivity contribution in [2.24, 2.45) is 5.73 Å². The Labute approximate surface area is 118 Å². The molecule has 0 aliphatic rings. The fourth-order valence-electron chi connectivity index (χ4n) is 2.27. The number of aliphatic hydroxyl groups excluding tert-OH is 1. The summed E-state index contributed by atoms with van der Waals surface area (Å²) in [6, 6.07) is 15.9. The number of para-hydroxylation sites is 1. The van der Waals surface area contributed by atoms with Gasteiger partial charge in [-0.1, -0.05) is 42.5 Å². The van der Waals surface area contributed by atoms with Crippen LogP contribution in [0.25, 0.3) is 0 Å². The fraction of sp³-hybridized carbons (Fsp3) is 0.250.